The highest BCUT2D eigenvalue weighted by Gasteiger charge is 2.18. The molecule has 0 spiro atoms. The maximum absolute atomic E-state index is 13.5. The van der Waals surface area contributed by atoms with Gasteiger partial charge in [-0.15, -0.1) is 0 Å². The lowest BCUT2D eigenvalue weighted by Gasteiger charge is -2.15. The van der Waals surface area contributed by atoms with Crippen molar-refractivity contribution in [3.05, 3.63) is 87.1 Å². The van der Waals surface area contributed by atoms with Crippen LogP contribution in [-0.2, 0) is 17.9 Å². The summed E-state index contributed by atoms with van der Waals surface area (Å²) in [6.07, 6.45) is 0. The van der Waals surface area contributed by atoms with Crippen molar-refractivity contribution in [1.29, 1.82) is 0 Å². The third-order valence-electron chi connectivity index (χ3n) is 5.89. The number of fused-ring (bicyclic) bond motifs is 2. The van der Waals surface area contributed by atoms with Gasteiger partial charge in [0.2, 0.25) is 12.7 Å². The van der Waals surface area contributed by atoms with Crippen LogP contribution in [0.3, 0.4) is 0 Å². The highest BCUT2D eigenvalue weighted by molar-refractivity contribution is 5.93. The summed E-state index contributed by atoms with van der Waals surface area (Å²) in [6, 6.07) is 16.9. The molecule has 1 aliphatic rings. The quantitative estimate of drug-likeness (QED) is 0.425. The summed E-state index contributed by atoms with van der Waals surface area (Å²) < 4.78 is 23.7. The van der Waals surface area contributed by atoms with Gasteiger partial charge < -0.3 is 24.3 Å². The molecular formula is C26H23N3O7. The van der Waals surface area contributed by atoms with Crippen molar-refractivity contribution in [1.82, 2.24) is 9.13 Å². The molecule has 0 bridgehead atoms. The van der Waals surface area contributed by atoms with Crippen LogP contribution < -0.4 is 35.5 Å². The van der Waals surface area contributed by atoms with Gasteiger partial charge in [0.05, 0.1) is 37.4 Å². The van der Waals surface area contributed by atoms with Crippen LogP contribution in [-0.4, -0.2) is 36.1 Å². The molecule has 1 aromatic heterocycles. The topological polar surface area (TPSA) is 110 Å². The average molecular weight is 489 g/mol. The van der Waals surface area contributed by atoms with E-state index in [1.54, 1.807) is 60.7 Å². The van der Waals surface area contributed by atoms with Gasteiger partial charge in [0.25, 0.3) is 5.56 Å². The Hall–Kier alpha value is -4.73. The van der Waals surface area contributed by atoms with E-state index in [0.29, 0.717) is 45.2 Å². The van der Waals surface area contributed by atoms with Crippen LogP contribution in [0.1, 0.15) is 5.56 Å². The summed E-state index contributed by atoms with van der Waals surface area (Å²) >= 11 is 0. The number of aromatic nitrogens is 2. The number of amides is 1. The Balaban J connectivity index is 1.51. The van der Waals surface area contributed by atoms with Gasteiger partial charge in [-0.2, -0.15) is 0 Å². The van der Waals surface area contributed by atoms with Gasteiger partial charge in [0.15, 0.2) is 11.5 Å². The van der Waals surface area contributed by atoms with E-state index in [2.05, 4.69) is 5.32 Å². The molecule has 2 heterocycles. The SMILES string of the molecule is COc1ccc(NC(=O)Cn2c(=O)n(Cc3ccc4c(c3)OCO4)c(=O)c3ccccc32)c(OC)c1. The molecule has 0 saturated heterocycles. The maximum atomic E-state index is 13.5. The molecule has 10 heteroatoms. The first-order valence-electron chi connectivity index (χ1n) is 11.1. The molecule has 184 valence electrons. The third kappa shape index (κ3) is 4.24. The first kappa shape index (κ1) is 23.0. The first-order chi connectivity index (χ1) is 17.5. The van der Waals surface area contributed by atoms with Crippen LogP contribution in [0.15, 0.2) is 70.3 Å². The fourth-order valence-electron chi connectivity index (χ4n) is 4.12. The fourth-order valence-corrected chi connectivity index (χ4v) is 4.12. The number of carbonyl (C=O) groups is 1. The average Bonchev–Trinajstić information content (AvgIpc) is 3.37. The second-order valence-corrected chi connectivity index (χ2v) is 8.08. The van der Waals surface area contributed by atoms with Crippen molar-refractivity contribution in [2.75, 3.05) is 26.3 Å². The van der Waals surface area contributed by atoms with E-state index in [0.717, 1.165) is 4.57 Å². The molecule has 0 atom stereocenters. The number of anilines is 1. The van der Waals surface area contributed by atoms with Crippen molar-refractivity contribution in [2.45, 2.75) is 13.1 Å². The molecule has 36 heavy (non-hydrogen) atoms. The summed E-state index contributed by atoms with van der Waals surface area (Å²) in [7, 11) is 3.01. The van der Waals surface area contributed by atoms with E-state index in [1.807, 2.05) is 0 Å². The standard InChI is InChI=1S/C26H23N3O7/c1-33-17-8-9-19(22(12-17)34-2)27-24(30)14-28-20-6-4-3-5-18(20)25(31)29(26(28)32)13-16-7-10-21-23(11-16)36-15-35-21/h3-12H,13-15H2,1-2H3,(H,27,30). The molecule has 5 rings (SSSR count). The van der Waals surface area contributed by atoms with E-state index >= 15 is 0 Å². The lowest BCUT2D eigenvalue weighted by atomic mass is 10.2. The third-order valence-corrected chi connectivity index (χ3v) is 5.89. The molecule has 0 fully saturated rings. The van der Waals surface area contributed by atoms with E-state index in [-0.39, 0.29) is 19.9 Å². The molecule has 1 N–H and O–H groups in total. The van der Waals surface area contributed by atoms with Crippen molar-refractivity contribution >= 4 is 22.5 Å². The highest BCUT2D eigenvalue weighted by atomic mass is 16.7. The number of hydrogen-bond donors (Lipinski definition) is 1. The van der Waals surface area contributed by atoms with Crippen molar-refractivity contribution in [3.8, 4) is 23.0 Å². The second-order valence-electron chi connectivity index (χ2n) is 8.08. The molecule has 4 aromatic rings. The number of nitrogens with zero attached hydrogens (tertiary/aromatic N) is 2. The number of nitrogens with one attached hydrogen (secondary N) is 1. The lowest BCUT2D eigenvalue weighted by molar-refractivity contribution is -0.116. The molecule has 0 aliphatic carbocycles. The summed E-state index contributed by atoms with van der Waals surface area (Å²) in [5.74, 6) is 1.68. The molecule has 3 aromatic carbocycles. The minimum absolute atomic E-state index is 0.00701. The zero-order chi connectivity index (χ0) is 25.2. The predicted octanol–water partition coefficient (Wildman–Crippen LogP) is 2.60. The summed E-state index contributed by atoms with van der Waals surface area (Å²) in [5.41, 5.74) is 0.434. The Morgan fingerprint density at radius 1 is 0.944 bits per heavy atom. The number of rotatable bonds is 7. The molecule has 1 aliphatic heterocycles. The van der Waals surface area contributed by atoms with E-state index in [4.69, 9.17) is 18.9 Å². The monoisotopic (exact) mass is 489 g/mol. The molecule has 0 radical (unpaired) electrons. The number of ether oxygens (including phenoxy) is 4. The number of benzene rings is 3. The zero-order valence-corrected chi connectivity index (χ0v) is 19.6. The van der Waals surface area contributed by atoms with Gasteiger partial charge >= 0.3 is 5.69 Å². The molecule has 10 nitrogen and oxygen atoms in total. The van der Waals surface area contributed by atoms with E-state index < -0.39 is 17.2 Å². The number of hydrogen-bond acceptors (Lipinski definition) is 7. The highest BCUT2D eigenvalue weighted by Crippen LogP contribution is 2.32. The van der Waals surface area contributed by atoms with Gasteiger partial charge in [-0.1, -0.05) is 18.2 Å². The van der Waals surface area contributed by atoms with Gasteiger partial charge in [-0.05, 0) is 42.0 Å². The van der Waals surface area contributed by atoms with Crippen LogP contribution in [0.4, 0.5) is 5.69 Å². The zero-order valence-electron chi connectivity index (χ0n) is 19.6. The summed E-state index contributed by atoms with van der Waals surface area (Å²) in [4.78, 5) is 39.7. The maximum Gasteiger partial charge on any atom is 0.332 e. The van der Waals surface area contributed by atoms with Gasteiger partial charge in [0.1, 0.15) is 18.0 Å². The Kier molecular flexibility index (Phi) is 6.07. The number of carbonyl (C=O) groups excluding carboxylic acids is 1. The Bertz CT molecular complexity index is 1590. The van der Waals surface area contributed by atoms with Crippen molar-refractivity contribution < 1.29 is 23.7 Å². The van der Waals surface area contributed by atoms with Crippen molar-refractivity contribution in [3.63, 3.8) is 0 Å². The normalized spacial score (nSPS) is 11.9. The van der Waals surface area contributed by atoms with Crippen molar-refractivity contribution in [2.24, 2.45) is 0 Å². The smallest absolute Gasteiger partial charge is 0.332 e. The lowest BCUT2D eigenvalue weighted by Crippen LogP contribution is -2.42. The second kappa shape index (κ2) is 9.49. The molecule has 0 saturated carbocycles. The predicted molar refractivity (Wildman–Crippen MR) is 132 cm³/mol. The largest absolute Gasteiger partial charge is 0.497 e. The Morgan fingerprint density at radius 3 is 2.56 bits per heavy atom. The molecule has 1 amide bonds. The van der Waals surface area contributed by atoms with Gasteiger partial charge in [0, 0.05) is 6.07 Å². The van der Waals surface area contributed by atoms with Crippen LogP contribution >= 0.6 is 0 Å². The summed E-state index contributed by atoms with van der Waals surface area (Å²) in [5, 5.41) is 3.09. The Morgan fingerprint density at radius 2 is 1.75 bits per heavy atom. The minimum Gasteiger partial charge on any atom is -0.497 e. The van der Waals surface area contributed by atoms with Crippen LogP contribution in [0, 0.1) is 0 Å². The van der Waals surface area contributed by atoms with Crippen LogP contribution in [0.5, 0.6) is 23.0 Å². The van der Waals surface area contributed by atoms with E-state index in [9.17, 15) is 14.4 Å². The summed E-state index contributed by atoms with van der Waals surface area (Å²) in [6.45, 7) is -0.182. The number of methoxy groups -OCH3 is 2. The minimum atomic E-state index is -0.604. The van der Waals surface area contributed by atoms with Crippen LogP contribution in [0.25, 0.3) is 10.9 Å². The van der Waals surface area contributed by atoms with Crippen LogP contribution in [0.2, 0.25) is 0 Å². The van der Waals surface area contributed by atoms with Gasteiger partial charge in [-0.3, -0.25) is 18.7 Å². The number of para-hydroxylation sites is 1. The first-order valence-corrected chi connectivity index (χ1v) is 11.1. The Labute approximate surface area is 205 Å². The molecular weight excluding hydrogens is 466 g/mol. The fraction of sp³-hybridized carbons (Fsp3) is 0.192. The van der Waals surface area contributed by atoms with E-state index in [1.165, 1.54) is 18.8 Å². The molecule has 0 unspecified atom stereocenters. The van der Waals surface area contributed by atoms with Gasteiger partial charge in [-0.25, -0.2) is 4.79 Å².